The molecule has 0 aliphatic heterocycles. The van der Waals surface area contributed by atoms with Gasteiger partial charge in [-0.3, -0.25) is 14.9 Å². The average molecular weight is 309 g/mol. The summed E-state index contributed by atoms with van der Waals surface area (Å²) in [5.41, 5.74) is 5.25. The second-order valence-electron chi connectivity index (χ2n) is 4.40. The summed E-state index contributed by atoms with van der Waals surface area (Å²) in [6.07, 6.45) is 0. The highest BCUT2D eigenvalue weighted by molar-refractivity contribution is 7.07. The Bertz CT molecular complexity index is 688. The molecule has 1 unspecified atom stereocenters. The van der Waals surface area contributed by atoms with Gasteiger partial charge >= 0.3 is 0 Å². The second kappa shape index (κ2) is 5.88. The first-order chi connectivity index (χ1) is 9.90. The minimum Gasteiger partial charge on any atom is -0.393 e. The van der Waals surface area contributed by atoms with Gasteiger partial charge in [0.1, 0.15) is 11.5 Å². The van der Waals surface area contributed by atoms with Crippen molar-refractivity contribution in [1.82, 2.24) is 5.32 Å². The van der Waals surface area contributed by atoms with E-state index in [0.29, 0.717) is 6.07 Å². The Labute approximate surface area is 123 Å². The second-order valence-corrected chi connectivity index (χ2v) is 5.18. The van der Waals surface area contributed by atoms with Gasteiger partial charge in [-0.1, -0.05) is 0 Å². The fourth-order valence-corrected chi connectivity index (χ4v) is 2.58. The fraction of sp³-hybridized carbons (Fsp3) is 0.154. The zero-order valence-corrected chi connectivity index (χ0v) is 11.8. The van der Waals surface area contributed by atoms with E-state index in [9.17, 15) is 19.3 Å². The fourth-order valence-electron chi connectivity index (χ4n) is 1.82. The maximum absolute atomic E-state index is 13.4. The first-order valence-corrected chi connectivity index (χ1v) is 6.90. The number of nitro benzene ring substituents is 1. The van der Waals surface area contributed by atoms with E-state index < -0.39 is 22.3 Å². The quantitative estimate of drug-likeness (QED) is 0.515. The van der Waals surface area contributed by atoms with Crippen molar-refractivity contribution in [1.29, 1.82) is 0 Å². The Hall–Kier alpha value is -2.48. The Balaban J connectivity index is 2.29. The minimum absolute atomic E-state index is 0.247. The third kappa shape index (κ3) is 3.16. The topological polar surface area (TPSA) is 98.3 Å². The van der Waals surface area contributed by atoms with E-state index in [0.717, 1.165) is 11.6 Å². The van der Waals surface area contributed by atoms with Gasteiger partial charge in [0.2, 0.25) is 0 Å². The number of carbonyl (C=O) groups excluding carboxylic acids is 1. The van der Waals surface area contributed by atoms with E-state index >= 15 is 0 Å². The van der Waals surface area contributed by atoms with Gasteiger partial charge in [0.25, 0.3) is 11.6 Å². The molecule has 2 rings (SSSR count). The van der Waals surface area contributed by atoms with Crippen molar-refractivity contribution >= 4 is 28.6 Å². The monoisotopic (exact) mass is 309 g/mol. The number of hydrogen-bond donors (Lipinski definition) is 2. The maximum atomic E-state index is 13.4. The summed E-state index contributed by atoms with van der Waals surface area (Å²) >= 11 is 1.48. The number of benzene rings is 1. The average Bonchev–Trinajstić information content (AvgIpc) is 2.94. The molecule has 1 aromatic carbocycles. The van der Waals surface area contributed by atoms with Crippen molar-refractivity contribution in [2.75, 3.05) is 5.73 Å². The zero-order valence-electron chi connectivity index (χ0n) is 11.0. The van der Waals surface area contributed by atoms with Crippen LogP contribution in [0.3, 0.4) is 0 Å². The lowest BCUT2D eigenvalue weighted by Crippen LogP contribution is -2.27. The van der Waals surface area contributed by atoms with Gasteiger partial charge in [-0.05, 0) is 35.4 Å². The molecule has 0 saturated carbocycles. The molecule has 0 aliphatic carbocycles. The summed E-state index contributed by atoms with van der Waals surface area (Å²) in [6.45, 7) is 1.75. The number of nitro groups is 1. The van der Waals surface area contributed by atoms with Crippen LogP contribution in [0, 0.1) is 15.9 Å². The standard InChI is InChI=1S/C13H12FN3O3S/c1-7(8-2-3-21-6-8)16-13(18)10-4-9(14)5-11(12(10)15)17(19)20/h2-7H,15H2,1H3,(H,16,18). The molecule has 1 heterocycles. The van der Waals surface area contributed by atoms with Crippen LogP contribution in [0.5, 0.6) is 0 Å². The Morgan fingerprint density at radius 1 is 1.52 bits per heavy atom. The number of nitrogens with zero attached hydrogens (tertiary/aromatic N) is 1. The van der Waals surface area contributed by atoms with Crippen LogP contribution in [0.1, 0.15) is 28.9 Å². The number of nitrogens with two attached hydrogens (primary N) is 1. The Kier molecular flexibility index (Phi) is 4.18. The molecule has 2 aromatic rings. The molecule has 1 aromatic heterocycles. The first-order valence-electron chi connectivity index (χ1n) is 5.96. The highest BCUT2D eigenvalue weighted by atomic mass is 32.1. The van der Waals surface area contributed by atoms with E-state index in [2.05, 4.69) is 5.32 Å². The molecule has 0 radical (unpaired) electrons. The molecule has 3 N–H and O–H groups in total. The number of anilines is 1. The highest BCUT2D eigenvalue weighted by Gasteiger charge is 2.22. The largest absolute Gasteiger partial charge is 0.393 e. The predicted molar refractivity (Wildman–Crippen MR) is 77.7 cm³/mol. The summed E-state index contributed by atoms with van der Waals surface area (Å²) < 4.78 is 13.4. The molecule has 0 bridgehead atoms. The summed E-state index contributed by atoms with van der Waals surface area (Å²) in [7, 11) is 0. The zero-order chi connectivity index (χ0) is 15.6. The van der Waals surface area contributed by atoms with Gasteiger partial charge in [0.05, 0.1) is 22.6 Å². The summed E-state index contributed by atoms with van der Waals surface area (Å²) in [4.78, 5) is 22.1. The molecular formula is C13H12FN3O3S. The molecule has 110 valence electrons. The van der Waals surface area contributed by atoms with Crippen LogP contribution in [-0.4, -0.2) is 10.8 Å². The van der Waals surface area contributed by atoms with E-state index in [1.54, 1.807) is 6.92 Å². The number of nitrogen functional groups attached to an aromatic ring is 1. The molecule has 0 saturated heterocycles. The van der Waals surface area contributed by atoms with Gasteiger partial charge < -0.3 is 11.1 Å². The van der Waals surface area contributed by atoms with Gasteiger partial charge in [-0.25, -0.2) is 4.39 Å². The third-order valence-corrected chi connectivity index (χ3v) is 3.66. The van der Waals surface area contributed by atoms with Gasteiger partial charge in [-0.2, -0.15) is 11.3 Å². The lowest BCUT2D eigenvalue weighted by atomic mass is 10.1. The smallest absolute Gasteiger partial charge is 0.295 e. The van der Waals surface area contributed by atoms with Gasteiger partial charge in [0.15, 0.2) is 0 Å². The van der Waals surface area contributed by atoms with Crippen LogP contribution in [-0.2, 0) is 0 Å². The number of amides is 1. The molecular weight excluding hydrogens is 297 g/mol. The number of rotatable bonds is 4. The molecule has 0 aliphatic rings. The van der Waals surface area contributed by atoms with Crippen LogP contribution >= 0.6 is 11.3 Å². The lowest BCUT2D eigenvalue weighted by Gasteiger charge is -2.13. The predicted octanol–water partition coefficient (Wildman–Crippen LogP) is 2.87. The molecule has 21 heavy (non-hydrogen) atoms. The maximum Gasteiger partial charge on any atom is 0.295 e. The highest BCUT2D eigenvalue weighted by Crippen LogP contribution is 2.27. The van der Waals surface area contributed by atoms with Gasteiger partial charge in [-0.15, -0.1) is 0 Å². The third-order valence-electron chi connectivity index (χ3n) is 2.96. The van der Waals surface area contributed by atoms with E-state index in [1.807, 2.05) is 16.8 Å². The van der Waals surface area contributed by atoms with Crippen molar-refractivity contribution in [3.63, 3.8) is 0 Å². The lowest BCUT2D eigenvalue weighted by molar-refractivity contribution is -0.384. The number of halogens is 1. The van der Waals surface area contributed by atoms with E-state index in [1.165, 1.54) is 11.3 Å². The number of thiophene rings is 1. The van der Waals surface area contributed by atoms with Crippen LogP contribution in [0.15, 0.2) is 29.0 Å². The van der Waals surface area contributed by atoms with Crippen LogP contribution in [0.25, 0.3) is 0 Å². The van der Waals surface area contributed by atoms with Crippen LogP contribution in [0.2, 0.25) is 0 Å². The SMILES string of the molecule is CC(NC(=O)c1cc(F)cc([N+](=O)[O-])c1N)c1ccsc1. The molecule has 0 spiro atoms. The number of nitrogens with one attached hydrogen (secondary N) is 1. The van der Waals surface area contributed by atoms with E-state index in [4.69, 9.17) is 5.73 Å². The summed E-state index contributed by atoms with van der Waals surface area (Å²) in [6, 6.07) is 3.10. The van der Waals surface area contributed by atoms with Crippen molar-refractivity contribution in [2.45, 2.75) is 13.0 Å². The van der Waals surface area contributed by atoms with Crippen molar-refractivity contribution < 1.29 is 14.1 Å². The van der Waals surface area contributed by atoms with Gasteiger partial charge in [0, 0.05) is 0 Å². The first kappa shape index (κ1) is 14.9. The molecule has 0 fully saturated rings. The van der Waals surface area contributed by atoms with Crippen LogP contribution < -0.4 is 11.1 Å². The number of hydrogen-bond acceptors (Lipinski definition) is 5. The Morgan fingerprint density at radius 2 is 2.24 bits per heavy atom. The molecule has 1 amide bonds. The van der Waals surface area contributed by atoms with Crippen molar-refractivity contribution in [3.8, 4) is 0 Å². The van der Waals surface area contributed by atoms with Crippen molar-refractivity contribution in [3.05, 3.63) is 56.0 Å². The summed E-state index contributed by atoms with van der Waals surface area (Å²) in [5, 5.41) is 17.1. The molecule has 1 atom stereocenters. The molecule has 8 heteroatoms. The Morgan fingerprint density at radius 3 is 2.81 bits per heavy atom. The van der Waals surface area contributed by atoms with Crippen molar-refractivity contribution in [2.24, 2.45) is 0 Å². The summed E-state index contributed by atoms with van der Waals surface area (Å²) in [5.74, 6) is -1.54. The minimum atomic E-state index is -0.885. The van der Waals surface area contributed by atoms with E-state index in [-0.39, 0.29) is 17.3 Å². The normalized spacial score (nSPS) is 11.9. The van der Waals surface area contributed by atoms with Crippen LogP contribution in [0.4, 0.5) is 15.8 Å². The molecule has 6 nitrogen and oxygen atoms in total. The number of carbonyl (C=O) groups is 1.